The van der Waals surface area contributed by atoms with Crippen LogP contribution in [0.4, 0.5) is 0 Å². The van der Waals surface area contributed by atoms with Gasteiger partial charge in [-0.2, -0.15) is 0 Å². The zero-order chi connectivity index (χ0) is 14.4. The number of fused-ring (bicyclic) bond motifs is 5. The fourth-order valence-electron chi connectivity index (χ4n) is 3.09. The molecule has 98 valence electrons. The molecule has 0 saturated heterocycles. The fraction of sp³-hybridized carbons (Fsp3) is 0.0714. The van der Waals surface area contributed by atoms with Crippen molar-refractivity contribution in [2.45, 2.75) is 6.92 Å². The summed E-state index contributed by atoms with van der Waals surface area (Å²) in [6, 6.07) is 8.23. The van der Waals surface area contributed by atoms with Crippen LogP contribution in [0.2, 0.25) is 0 Å². The number of aryl methyl sites for hydroxylation is 1. The van der Waals surface area contributed by atoms with Crippen LogP contribution in [-0.4, -0.2) is 41.3 Å². The van der Waals surface area contributed by atoms with Crippen molar-refractivity contribution in [2.75, 3.05) is 0 Å². The predicted octanol–water partition coefficient (Wildman–Crippen LogP) is -0.299. The molecule has 0 saturated carbocycles. The molecule has 4 nitrogen and oxygen atoms in total. The Balaban J connectivity index is 2.32. The van der Waals surface area contributed by atoms with E-state index in [0.29, 0.717) is 0 Å². The Hall–Kier alpha value is -2.30. The van der Waals surface area contributed by atoms with Gasteiger partial charge in [-0.05, 0) is 30.1 Å². The Kier molecular flexibility index (Phi) is 2.74. The first kappa shape index (κ1) is 12.4. The first-order valence-corrected chi connectivity index (χ1v) is 7.29. The van der Waals surface area contributed by atoms with Gasteiger partial charge in [0.15, 0.2) is 0 Å². The van der Waals surface area contributed by atoms with Gasteiger partial charge in [0.25, 0.3) is 0 Å². The van der Waals surface area contributed by atoms with Crippen LogP contribution < -0.4 is 5.46 Å². The highest BCUT2D eigenvalue weighted by atomic mass is 15.1. The Morgan fingerprint density at radius 1 is 1.19 bits per heavy atom. The number of pyridine rings is 1. The van der Waals surface area contributed by atoms with Crippen molar-refractivity contribution in [3.63, 3.8) is 0 Å². The summed E-state index contributed by atoms with van der Waals surface area (Å²) in [5.41, 5.74) is 6.63. The molecule has 0 unspecified atom stereocenters. The molecule has 0 spiro atoms. The van der Waals surface area contributed by atoms with Gasteiger partial charge >= 0.3 is 0 Å². The minimum Gasteiger partial charge on any atom is -0.277 e. The second-order valence-corrected chi connectivity index (χ2v) is 5.37. The van der Waals surface area contributed by atoms with Crippen LogP contribution in [0.1, 0.15) is 5.56 Å². The van der Waals surface area contributed by atoms with Gasteiger partial charge in [-0.25, -0.2) is 15.0 Å². The summed E-state index contributed by atoms with van der Waals surface area (Å²) in [5.74, 6) is 0. The van der Waals surface area contributed by atoms with Crippen molar-refractivity contribution in [1.29, 1.82) is 0 Å². The highest BCUT2D eigenvalue weighted by Gasteiger charge is 2.16. The van der Waals surface area contributed by atoms with E-state index in [9.17, 15) is 0 Å². The average molecular weight is 270 g/mol. The van der Waals surface area contributed by atoms with Crippen molar-refractivity contribution in [3.05, 3.63) is 42.4 Å². The van der Waals surface area contributed by atoms with Crippen LogP contribution in [0.25, 0.3) is 27.7 Å². The summed E-state index contributed by atoms with van der Waals surface area (Å²) in [5, 5.41) is 1.11. The number of hydrogen-bond donors (Lipinski definition) is 0. The van der Waals surface area contributed by atoms with Gasteiger partial charge in [-0.15, -0.1) is 0 Å². The molecule has 0 radical (unpaired) electrons. The molecule has 4 aromatic rings. The number of hydrogen-bond acceptors (Lipinski definition) is 3. The van der Waals surface area contributed by atoms with Gasteiger partial charge in [0.1, 0.15) is 24.8 Å². The molecule has 0 N–H and O–H groups in total. The smallest absolute Gasteiger partial charge is 0.149 e. The number of rotatable bonds is 2. The van der Waals surface area contributed by atoms with Gasteiger partial charge in [0.2, 0.25) is 0 Å². The van der Waals surface area contributed by atoms with Gasteiger partial charge in [-0.3, -0.25) is 4.40 Å². The number of aromatic nitrogens is 4. The fourth-order valence-corrected chi connectivity index (χ4v) is 3.09. The van der Waals surface area contributed by atoms with E-state index >= 15 is 0 Å². The van der Waals surface area contributed by atoms with E-state index in [-0.39, 0.29) is 0 Å². The van der Waals surface area contributed by atoms with Gasteiger partial charge in [0.05, 0.1) is 25.8 Å². The van der Waals surface area contributed by atoms with E-state index in [4.69, 9.17) is 4.98 Å². The average Bonchev–Trinajstić information content (AvgIpc) is 2.91. The van der Waals surface area contributed by atoms with E-state index < -0.39 is 0 Å². The molecule has 0 amide bonds. The van der Waals surface area contributed by atoms with Crippen molar-refractivity contribution in [2.24, 2.45) is 0 Å². The quantitative estimate of drug-likeness (QED) is 0.470. The first-order chi connectivity index (χ1) is 10.3. The van der Waals surface area contributed by atoms with Crippen LogP contribution in [0.15, 0.2) is 36.8 Å². The lowest BCUT2D eigenvalue weighted by Gasteiger charge is -2.11. The van der Waals surface area contributed by atoms with Crippen LogP contribution in [-0.2, 0) is 0 Å². The summed E-state index contributed by atoms with van der Waals surface area (Å²) in [6.07, 6.45) is 3.51. The summed E-state index contributed by atoms with van der Waals surface area (Å²) in [4.78, 5) is 13.6. The molecule has 0 aliphatic heterocycles. The molecule has 0 atom stereocenters. The normalized spacial score (nSPS) is 11.3. The molecule has 1 aromatic carbocycles. The molecular formula is C14H13B3N4. The van der Waals surface area contributed by atoms with E-state index in [1.165, 1.54) is 11.0 Å². The highest BCUT2D eigenvalue weighted by molar-refractivity contribution is 7.28. The third-order valence-corrected chi connectivity index (χ3v) is 4.09. The van der Waals surface area contributed by atoms with Crippen LogP contribution in [0, 0.1) is 6.92 Å². The minimum atomic E-state index is 0.936. The Morgan fingerprint density at radius 2 is 2.05 bits per heavy atom. The van der Waals surface area contributed by atoms with Crippen molar-refractivity contribution >= 4 is 55.1 Å². The van der Waals surface area contributed by atoms with E-state index in [2.05, 4.69) is 41.2 Å². The molecular weight excluding hydrogens is 257 g/mol. The van der Waals surface area contributed by atoms with Crippen LogP contribution in [0.3, 0.4) is 0 Å². The van der Waals surface area contributed by atoms with E-state index in [1.54, 1.807) is 6.33 Å². The van der Waals surface area contributed by atoms with Crippen molar-refractivity contribution in [3.8, 4) is 0 Å². The maximum atomic E-state index is 4.85. The molecule has 3 heterocycles. The second kappa shape index (κ2) is 4.62. The first-order valence-electron chi connectivity index (χ1n) is 7.29. The monoisotopic (exact) mass is 270 g/mol. The summed E-state index contributed by atoms with van der Waals surface area (Å²) >= 11 is 0. The molecule has 7 heteroatoms. The standard InChI is InChI=1S/C14H13B3N4/c1-8-9-6-18-7-19-13(9)21-11-5-3-2-4-10(11)20-14(21)12(8)16-17-15/h2-7,16-17H,15H2,1H3. The second-order valence-electron chi connectivity index (χ2n) is 5.37. The minimum absolute atomic E-state index is 0.936. The molecule has 0 aliphatic carbocycles. The SMILES string of the molecule is BBBc1c(C)c2cncnc2n2c1nc1ccccc12. The van der Waals surface area contributed by atoms with Gasteiger partial charge in [-0.1, -0.05) is 12.1 Å². The van der Waals surface area contributed by atoms with E-state index in [1.807, 2.05) is 18.3 Å². The zero-order valence-electron chi connectivity index (χ0n) is 12.2. The lowest BCUT2D eigenvalue weighted by atomic mass is 9.26. The maximum absolute atomic E-state index is 4.85. The Labute approximate surface area is 124 Å². The Morgan fingerprint density at radius 3 is 2.90 bits per heavy atom. The van der Waals surface area contributed by atoms with Crippen LogP contribution in [0.5, 0.6) is 0 Å². The lowest BCUT2D eigenvalue weighted by Crippen LogP contribution is -2.27. The molecule has 0 aliphatic rings. The number of imidazole rings is 1. The maximum Gasteiger partial charge on any atom is 0.149 e. The summed E-state index contributed by atoms with van der Waals surface area (Å²) in [7, 11) is 4.31. The third-order valence-electron chi connectivity index (χ3n) is 4.09. The topological polar surface area (TPSA) is 43.1 Å². The Bertz CT molecular complexity index is 980. The van der Waals surface area contributed by atoms with Gasteiger partial charge < -0.3 is 0 Å². The summed E-state index contributed by atoms with van der Waals surface area (Å²) in [6.45, 7) is 2.15. The largest absolute Gasteiger partial charge is 0.277 e. The van der Waals surface area contributed by atoms with Gasteiger partial charge in [0, 0.05) is 11.6 Å². The van der Waals surface area contributed by atoms with Crippen LogP contribution >= 0.6 is 0 Å². The van der Waals surface area contributed by atoms with Crippen molar-refractivity contribution in [1.82, 2.24) is 19.4 Å². The van der Waals surface area contributed by atoms with Crippen molar-refractivity contribution < 1.29 is 0 Å². The molecule has 21 heavy (non-hydrogen) atoms. The molecule has 3 aromatic heterocycles. The molecule has 4 rings (SSSR count). The number of benzene rings is 1. The molecule has 0 bridgehead atoms. The highest BCUT2D eigenvalue weighted by Crippen LogP contribution is 2.22. The summed E-state index contributed by atoms with van der Waals surface area (Å²) < 4.78 is 2.17. The number of para-hydroxylation sites is 2. The molecule has 0 fully saturated rings. The third kappa shape index (κ3) is 1.70. The zero-order valence-corrected chi connectivity index (χ0v) is 12.2. The predicted molar refractivity (Wildman–Crippen MR) is 93.0 cm³/mol. The van der Waals surface area contributed by atoms with E-state index in [0.717, 1.165) is 41.9 Å². The number of nitrogens with zero attached hydrogens (tertiary/aromatic N) is 4. The lowest BCUT2D eigenvalue weighted by molar-refractivity contribution is 1.15.